The van der Waals surface area contributed by atoms with Crippen LogP contribution in [-0.4, -0.2) is 33.4 Å². The van der Waals surface area contributed by atoms with E-state index in [1.165, 1.54) is 10.9 Å². The largest absolute Gasteiger partial charge is 0.361 e. The number of hydrogen-bond acceptors (Lipinski definition) is 4. The van der Waals surface area contributed by atoms with Gasteiger partial charge in [0.1, 0.15) is 0 Å². The topological polar surface area (TPSA) is 95.1 Å². The smallest absolute Gasteiger partial charge is 0.229 e. The summed E-state index contributed by atoms with van der Waals surface area (Å²) in [6, 6.07) is 10.1. The number of benzene rings is 1. The van der Waals surface area contributed by atoms with Gasteiger partial charge in [0, 0.05) is 41.0 Å². The minimum atomic E-state index is -0.0317. The number of aryl methyl sites for hydroxylation is 2. The fourth-order valence-corrected chi connectivity index (χ4v) is 3.81. The second kappa shape index (κ2) is 11.4. The molecule has 7 nitrogen and oxygen atoms in total. The zero-order chi connectivity index (χ0) is 22.9. The lowest BCUT2D eigenvalue weighted by molar-refractivity contribution is -0.123. The summed E-state index contributed by atoms with van der Waals surface area (Å²) in [4.78, 5) is 29.7. The predicted octanol–water partition coefficient (Wildman–Crippen LogP) is 4.92. The molecule has 1 atom stereocenters. The van der Waals surface area contributed by atoms with Gasteiger partial charge in [-0.1, -0.05) is 44.9 Å². The molecule has 0 fully saturated rings. The molecule has 170 valence electrons. The number of nitrogens with one attached hydrogen (secondary N) is 3. The molecule has 0 radical (unpaired) electrons. The third-order valence-electron chi connectivity index (χ3n) is 5.55. The number of amides is 1. The lowest BCUT2D eigenvalue weighted by Gasteiger charge is -2.16. The molecule has 32 heavy (non-hydrogen) atoms. The first-order valence-corrected chi connectivity index (χ1v) is 11.5. The Hall–Kier alpha value is -3.22. The number of para-hydroxylation sites is 1. The molecule has 0 unspecified atom stereocenters. The van der Waals surface area contributed by atoms with Crippen molar-refractivity contribution in [2.24, 2.45) is 10.9 Å². The molecule has 2 heterocycles. The Kier molecular flexibility index (Phi) is 8.36. The fraction of sp³-hybridized carbons (Fsp3) is 0.440. The Morgan fingerprint density at radius 3 is 2.62 bits per heavy atom. The van der Waals surface area contributed by atoms with E-state index >= 15 is 0 Å². The zero-order valence-electron chi connectivity index (χ0n) is 19.5. The quantitative estimate of drug-likeness (QED) is 0.329. The third kappa shape index (κ3) is 6.39. The summed E-state index contributed by atoms with van der Waals surface area (Å²) in [5.41, 5.74) is 4.04. The van der Waals surface area contributed by atoms with E-state index in [0.29, 0.717) is 18.5 Å². The van der Waals surface area contributed by atoms with E-state index in [0.717, 1.165) is 49.0 Å². The van der Waals surface area contributed by atoms with Gasteiger partial charge in [0.25, 0.3) is 0 Å². The minimum Gasteiger partial charge on any atom is -0.361 e. The van der Waals surface area contributed by atoms with Crippen molar-refractivity contribution in [3.05, 3.63) is 53.5 Å². The molecular weight excluding hydrogens is 400 g/mol. The van der Waals surface area contributed by atoms with Gasteiger partial charge in [0.15, 0.2) is 0 Å². The predicted molar refractivity (Wildman–Crippen MR) is 131 cm³/mol. The number of carbonyl (C=O) groups excluding carboxylic acids is 1. The van der Waals surface area contributed by atoms with Gasteiger partial charge in [-0.15, -0.1) is 0 Å². The average molecular weight is 435 g/mol. The van der Waals surface area contributed by atoms with Gasteiger partial charge in [-0.25, -0.2) is 9.97 Å². The monoisotopic (exact) mass is 434 g/mol. The molecule has 1 amide bonds. The molecule has 0 saturated carbocycles. The molecule has 1 aromatic carbocycles. The number of aromatic amines is 1. The maximum Gasteiger partial charge on any atom is 0.229 e. The van der Waals surface area contributed by atoms with Crippen LogP contribution >= 0.6 is 0 Å². The molecular formula is C25H34N6O. The second-order valence-corrected chi connectivity index (χ2v) is 8.18. The van der Waals surface area contributed by atoms with Crippen LogP contribution in [0.2, 0.25) is 0 Å². The Labute approximate surface area is 190 Å². The molecule has 0 aliphatic carbocycles. The van der Waals surface area contributed by atoms with Crippen LogP contribution < -0.4 is 10.6 Å². The summed E-state index contributed by atoms with van der Waals surface area (Å²) < 4.78 is 0. The van der Waals surface area contributed by atoms with Gasteiger partial charge in [0.05, 0.1) is 0 Å². The van der Waals surface area contributed by atoms with Crippen molar-refractivity contribution in [3.63, 3.8) is 0 Å². The Balaban J connectivity index is 1.76. The molecule has 0 saturated heterocycles. The van der Waals surface area contributed by atoms with Gasteiger partial charge in [-0.05, 0) is 50.8 Å². The number of aromatic nitrogens is 3. The summed E-state index contributed by atoms with van der Waals surface area (Å²) >= 11 is 0. The Morgan fingerprint density at radius 2 is 1.91 bits per heavy atom. The fourth-order valence-electron chi connectivity index (χ4n) is 3.81. The highest BCUT2D eigenvalue weighted by Crippen LogP contribution is 2.18. The van der Waals surface area contributed by atoms with Crippen LogP contribution in [0.1, 0.15) is 56.5 Å². The van der Waals surface area contributed by atoms with E-state index in [9.17, 15) is 4.79 Å². The van der Waals surface area contributed by atoms with E-state index in [-0.39, 0.29) is 11.8 Å². The van der Waals surface area contributed by atoms with Crippen LogP contribution in [0, 0.1) is 19.8 Å². The number of nitrogens with zero attached hydrogens (tertiary/aromatic N) is 3. The van der Waals surface area contributed by atoms with E-state index in [1.54, 1.807) is 0 Å². The molecule has 0 aliphatic rings. The Morgan fingerprint density at radius 1 is 1.16 bits per heavy atom. The first-order valence-electron chi connectivity index (χ1n) is 11.5. The summed E-state index contributed by atoms with van der Waals surface area (Å²) in [5, 5.41) is 7.32. The highest BCUT2D eigenvalue weighted by atomic mass is 16.2. The number of unbranched alkanes of at least 4 members (excludes halogenated alkanes) is 1. The van der Waals surface area contributed by atoms with Crippen molar-refractivity contribution in [1.29, 1.82) is 0 Å². The van der Waals surface area contributed by atoms with Crippen molar-refractivity contribution in [1.82, 2.24) is 20.3 Å². The highest BCUT2D eigenvalue weighted by Gasteiger charge is 2.18. The van der Waals surface area contributed by atoms with Crippen molar-refractivity contribution in [3.8, 4) is 0 Å². The Bertz CT molecular complexity index is 1050. The summed E-state index contributed by atoms with van der Waals surface area (Å²) in [5.74, 6) is 0.796. The zero-order valence-corrected chi connectivity index (χ0v) is 19.5. The number of H-pyrrole nitrogens is 1. The first-order chi connectivity index (χ1) is 15.5. The summed E-state index contributed by atoms with van der Waals surface area (Å²) in [6.45, 7) is 8.56. The summed E-state index contributed by atoms with van der Waals surface area (Å²) in [7, 11) is 0. The molecule has 2 aromatic heterocycles. The number of guanidine groups is 1. The number of fused-ring (bicyclic) bond motifs is 1. The van der Waals surface area contributed by atoms with Gasteiger partial charge < -0.3 is 4.98 Å². The number of anilines is 1. The van der Waals surface area contributed by atoms with Crippen LogP contribution in [0.3, 0.4) is 0 Å². The maximum absolute atomic E-state index is 12.9. The van der Waals surface area contributed by atoms with Crippen molar-refractivity contribution < 1.29 is 4.79 Å². The van der Waals surface area contributed by atoms with Gasteiger partial charge in [-0.2, -0.15) is 0 Å². The maximum atomic E-state index is 12.9. The molecule has 0 spiro atoms. The SMILES string of the molecule is CCCC[C@@H](CC)C(=O)NC(=NCCc1c[nH]c2ccccc12)Nc1nc(C)cc(C)n1. The van der Waals surface area contributed by atoms with Crippen LogP contribution in [0.4, 0.5) is 5.95 Å². The second-order valence-electron chi connectivity index (χ2n) is 8.18. The van der Waals surface area contributed by atoms with Crippen molar-refractivity contribution >= 4 is 28.7 Å². The number of rotatable bonds is 9. The number of aliphatic imine (C=N–C) groups is 1. The number of hydrogen-bond donors (Lipinski definition) is 3. The van der Waals surface area contributed by atoms with Gasteiger partial charge in [-0.3, -0.25) is 20.4 Å². The van der Waals surface area contributed by atoms with Crippen LogP contribution in [-0.2, 0) is 11.2 Å². The average Bonchev–Trinajstić information content (AvgIpc) is 3.16. The lowest BCUT2D eigenvalue weighted by Crippen LogP contribution is -2.40. The molecule has 7 heteroatoms. The first kappa shape index (κ1) is 23.4. The van der Waals surface area contributed by atoms with E-state index in [4.69, 9.17) is 0 Å². The molecule has 0 aliphatic heterocycles. The van der Waals surface area contributed by atoms with Crippen molar-refractivity contribution in [2.45, 2.75) is 59.8 Å². The van der Waals surface area contributed by atoms with E-state index in [2.05, 4.69) is 49.6 Å². The van der Waals surface area contributed by atoms with Crippen LogP contribution in [0.5, 0.6) is 0 Å². The van der Waals surface area contributed by atoms with Gasteiger partial charge in [0.2, 0.25) is 17.8 Å². The van der Waals surface area contributed by atoms with Gasteiger partial charge >= 0.3 is 0 Å². The van der Waals surface area contributed by atoms with Crippen molar-refractivity contribution in [2.75, 3.05) is 11.9 Å². The molecule has 3 N–H and O–H groups in total. The standard InChI is InChI=1S/C25H34N6O/c1-5-7-10-19(6-2)23(32)30-24(31-25-28-17(3)15-18(4)29-25)26-14-13-20-16-27-22-12-9-8-11-21(20)22/h8-9,11-12,15-16,19,27H,5-7,10,13-14H2,1-4H3,(H2,26,28,29,30,31,32)/t19-/m1/s1. The minimum absolute atomic E-state index is 0.0105. The molecule has 3 aromatic rings. The highest BCUT2D eigenvalue weighted by molar-refractivity contribution is 6.04. The third-order valence-corrected chi connectivity index (χ3v) is 5.55. The summed E-state index contributed by atoms with van der Waals surface area (Å²) in [6.07, 6.45) is 6.56. The van der Waals surface area contributed by atoms with Crippen LogP contribution in [0.25, 0.3) is 10.9 Å². The molecule has 0 bridgehead atoms. The molecule has 3 rings (SSSR count). The number of carbonyl (C=O) groups is 1. The van der Waals surface area contributed by atoms with Crippen LogP contribution in [0.15, 0.2) is 41.5 Å². The lowest BCUT2D eigenvalue weighted by atomic mass is 9.98. The normalized spacial score (nSPS) is 12.7. The van der Waals surface area contributed by atoms with E-state index < -0.39 is 0 Å². The van der Waals surface area contributed by atoms with E-state index in [1.807, 2.05) is 45.2 Å².